The van der Waals surface area contributed by atoms with Crippen LogP contribution >= 0.6 is 11.8 Å². The zero-order chi connectivity index (χ0) is 17.1. The summed E-state index contributed by atoms with van der Waals surface area (Å²) in [5.74, 6) is 1.08. The number of nitrogens with zero attached hydrogens (tertiary/aromatic N) is 4. The van der Waals surface area contributed by atoms with Crippen LogP contribution in [0.15, 0.2) is 5.16 Å². The van der Waals surface area contributed by atoms with Crippen molar-refractivity contribution in [2.45, 2.75) is 68.0 Å². The monoisotopic (exact) mass is 365 g/mol. The molecule has 3 aliphatic heterocycles. The number of amides is 1. The van der Waals surface area contributed by atoms with Crippen LogP contribution in [0.1, 0.15) is 44.9 Å². The highest BCUT2D eigenvalue weighted by molar-refractivity contribution is 8.00. The number of aromatic nitrogens is 3. The average molecular weight is 366 g/mol. The second-order valence-electron chi connectivity index (χ2n) is 7.12. The molecule has 0 aliphatic carbocycles. The van der Waals surface area contributed by atoms with E-state index in [2.05, 4.69) is 25.0 Å². The van der Waals surface area contributed by atoms with Crippen LogP contribution < -0.4 is 10.2 Å². The number of carbonyl (C=O) groups is 1. The molecule has 0 aromatic carbocycles. The van der Waals surface area contributed by atoms with Crippen LogP contribution in [-0.2, 0) is 16.1 Å². The van der Waals surface area contributed by atoms with Gasteiger partial charge in [-0.05, 0) is 38.5 Å². The molecular formula is C17H27N5O2S. The molecule has 0 bridgehead atoms. The van der Waals surface area contributed by atoms with Gasteiger partial charge in [0.05, 0.1) is 17.9 Å². The largest absolute Gasteiger partial charge is 0.376 e. The molecule has 0 spiro atoms. The summed E-state index contributed by atoms with van der Waals surface area (Å²) in [6.45, 7) is 4.50. The van der Waals surface area contributed by atoms with Gasteiger partial charge in [-0.2, -0.15) is 0 Å². The summed E-state index contributed by atoms with van der Waals surface area (Å²) < 4.78 is 8.05. The van der Waals surface area contributed by atoms with E-state index >= 15 is 0 Å². The minimum absolute atomic E-state index is 0.0682. The number of thioether (sulfide) groups is 1. The number of hydrogen-bond acceptors (Lipinski definition) is 6. The number of hydrogen-bond donors (Lipinski definition) is 1. The Labute approximate surface area is 152 Å². The van der Waals surface area contributed by atoms with E-state index in [1.54, 1.807) is 11.8 Å². The molecule has 3 saturated heterocycles. The van der Waals surface area contributed by atoms with E-state index in [0.717, 1.165) is 76.0 Å². The third-order valence-electron chi connectivity index (χ3n) is 5.23. The Hall–Kier alpha value is -1.28. The molecule has 1 aromatic rings. The van der Waals surface area contributed by atoms with Gasteiger partial charge in [0.2, 0.25) is 11.9 Å². The fourth-order valence-electron chi connectivity index (χ4n) is 3.82. The molecule has 25 heavy (non-hydrogen) atoms. The lowest BCUT2D eigenvalue weighted by Gasteiger charge is -2.21. The molecule has 0 radical (unpaired) electrons. The normalized spacial score (nSPS) is 27.5. The summed E-state index contributed by atoms with van der Waals surface area (Å²) in [4.78, 5) is 14.6. The topological polar surface area (TPSA) is 72.3 Å². The highest BCUT2D eigenvalue weighted by Crippen LogP contribution is 2.31. The summed E-state index contributed by atoms with van der Waals surface area (Å²) in [6.07, 6.45) is 7.91. The average Bonchev–Trinajstić information content (AvgIpc) is 3.34. The molecule has 3 aliphatic rings. The molecule has 2 atom stereocenters. The number of nitrogens with one attached hydrogen (secondary N) is 1. The lowest BCUT2D eigenvalue weighted by Crippen LogP contribution is -2.31. The Morgan fingerprint density at radius 1 is 1.12 bits per heavy atom. The molecule has 1 aromatic heterocycles. The lowest BCUT2D eigenvalue weighted by molar-refractivity contribution is -0.120. The van der Waals surface area contributed by atoms with Crippen LogP contribution in [0.3, 0.4) is 0 Å². The highest BCUT2D eigenvalue weighted by Gasteiger charge is 2.29. The second-order valence-corrected chi connectivity index (χ2v) is 8.29. The van der Waals surface area contributed by atoms with Crippen molar-refractivity contribution < 1.29 is 9.53 Å². The molecule has 4 heterocycles. The fourth-order valence-corrected chi connectivity index (χ4v) is 4.92. The zero-order valence-corrected chi connectivity index (χ0v) is 15.5. The predicted octanol–water partition coefficient (Wildman–Crippen LogP) is 1.82. The van der Waals surface area contributed by atoms with Gasteiger partial charge in [0.1, 0.15) is 0 Å². The van der Waals surface area contributed by atoms with Crippen molar-refractivity contribution in [2.24, 2.45) is 0 Å². The van der Waals surface area contributed by atoms with Crippen LogP contribution in [0.4, 0.5) is 5.95 Å². The van der Waals surface area contributed by atoms with Crippen LogP contribution in [0, 0.1) is 0 Å². The van der Waals surface area contributed by atoms with E-state index in [9.17, 15) is 4.79 Å². The Bertz CT molecular complexity index is 596. The lowest BCUT2D eigenvalue weighted by atomic mass is 10.2. The maximum atomic E-state index is 12.3. The molecule has 7 nitrogen and oxygen atoms in total. The predicted molar refractivity (Wildman–Crippen MR) is 96.9 cm³/mol. The van der Waals surface area contributed by atoms with E-state index in [0.29, 0.717) is 0 Å². The Morgan fingerprint density at radius 3 is 2.80 bits per heavy atom. The van der Waals surface area contributed by atoms with Crippen LogP contribution in [0.5, 0.6) is 0 Å². The quantitative estimate of drug-likeness (QED) is 0.858. The van der Waals surface area contributed by atoms with Gasteiger partial charge in [-0.3, -0.25) is 9.36 Å². The van der Waals surface area contributed by atoms with Crippen molar-refractivity contribution in [1.29, 1.82) is 0 Å². The summed E-state index contributed by atoms with van der Waals surface area (Å²) in [5, 5.41) is 12.8. The van der Waals surface area contributed by atoms with Crippen LogP contribution in [-0.4, -0.2) is 58.3 Å². The second kappa shape index (κ2) is 7.95. The molecule has 0 saturated carbocycles. The number of carbonyl (C=O) groups excluding carboxylic acids is 1. The van der Waals surface area contributed by atoms with E-state index in [1.165, 1.54) is 12.8 Å². The summed E-state index contributed by atoms with van der Waals surface area (Å²) in [5.41, 5.74) is 0. The molecule has 3 fully saturated rings. The minimum Gasteiger partial charge on any atom is -0.376 e. The Kier molecular flexibility index (Phi) is 5.45. The third kappa shape index (κ3) is 3.95. The summed E-state index contributed by atoms with van der Waals surface area (Å²) >= 11 is 1.57. The van der Waals surface area contributed by atoms with Crippen LogP contribution in [0.2, 0.25) is 0 Å². The van der Waals surface area contributed by atoms with Crippen molar-refractivity contribution in [3.63, 3.8) is 0 Å². The van der Waals surface area contributed by atoms with Crippen molar-refractivity contribution in [3.05, 3.63) is 0 Å². The first kappa shape index (κ1) is 17.1. The number of anilines is 1. The molecule has 1 amide bonds. The smallest absolute Gasteiger partial charge is 0.233 e. The molecule has 138 valence electrons. The van der Waals surface area contributed by atoms with Crippen LogP contribution in [0.25, 0.3) is 0 Å². The molecular weight excluding hydrogens is 338 g/mol. The fraction of sp³-hybridized carbons (Fsp3) is 0.824. The first-order valence-corrected chi connectivity index (χ1v) is 10.4. The summed E-state index contributed by atoms with van der Waals surface area (Å²) in [6, 6.07) is 0. The van der Waals surface area contributed by atoms with Gasteiger partial charge in [-0.25, -0.2) is 0 Å². The zero-order valence-electron chi connectivity index (χ0n) is 14.7. The summed E-state index contributed by atoms with van der Waals surface area (Å²) in [7, 11) is 0. The Morgan fingerprint density at radius 2 is 2.00 bits per heavy atom. The van der Waals surface area contributed by atoms with Gasteiger partial charge in [-0.15, -0.1) is 10.2 Å². The van der Waals surface area contributed by atoms with E-state index in [-0.39, 0.29) is 17.3 Å². The van der Waals surface area contributed by atoms with Gasteiger partial charge in [0.15, 0.2) is 5.16 Å². The maximum absolute atomic E-state index is 12.3. The molecule has 1 N–H and O–H groups in total. The highest BCUT2D eigenvalue weighted by atomic mass is 32.2. The van der Waals surface area contributed by atoms with E-state index in [1.807, 2.05) is 0 Å². The van der Waals surface area contributed by atoms with Gasteiger partial charge < -0.3 is 15.0 Å². The first-order chi connectivity index (χ1) is 12.3. The minimum atomic E-state index is -0.0682. The molecule has 4 rings (SSSR count). The Balaban J connectivity index is 1.55. The van der Waals surface area contributed by atoms with Gasteiger partial charge in [-0.1, -0.05) is 18.2 Å². The van der Waals surface area contributed by atoms with Gasteiger partial charge in [0, 0.05) is 26.2 Å². The standard InChI is InChI=1S/C17H27N5O2S/c23-15-14(7-1-2-8-18-15)25-17-20-19-16(21-9-3-4-10-21)22(17)12-13-6-5-11-24-13/h13-14H,1-12H2,(H,18,23). The van der Waals surface area contributed by atoms with Crippen molar-refractivity contribution in [1.82, 2.24) is 20.1 Å². The first-order valence-electron chi connectivity index (χ1n) is 9.55. The van der Waals surface area contributed by atoms with Crippen molar-refractivity contribution in [3.8, 4) is 0 Å². The third-order valence-corrected chi connectivity index (χ3v) is 6.48. The van der Waals surface area contributed by atoms with Crippen molar-refractivity contribution in [2.75, 3.05) is 31.1 Å². The van der Waals surface area contributed by atoms with Gasteiger partial charge >= 0.3 is 0 Å². The molecule has 2 unspecified atom stereocenters. The van der Waals surface area contributed by atoms with Crippen molar-refractivity contribution >= 4 is 23.6 Å². The SMILES string of the molecule is O=C1NCCCCC1Sc1nnc(N2CCCC2)n1CC1CCCO1. The number of rotatable bonds is 5. The maximum Gasteiger partial charge on any atom is 0.233 e. The molecule has 8 heteroatoms. The van der Waals surface area contributed by atoms with E-state index in [4.69, 9.17) is 4.74 Å². The number of ether oxygens (including phenoxy) is 1. The van der Waals surface area contributed by atoms with E-state index < -0.39 is 0 Å². The van der Waals surface area contributed by atoms with Gasteiger partial charge in [0.25, 0.3) is 0 Å².